The number of hydrogen-bond acceptors (Lipinski definition) is 5. The lowest BCUT2D eigenvalue weighted by atomic mass is 10.2. The number of carbonyl (C=O) groups is 3. The molecule has 1 amide bonds. The second-order valence-electron chi connectivity index (χ2n) is 4.63. The van der Waals surface area contributed by atoms with Crippen LogP contribution in [-0.4, -0.2) is 59.2 Å². The zero-order valence-electron chi connectivity index (χ0n) is 19.2. The van der Waals surface area contributed by atoms with Crippen molar-refractivity contribution < 1.29 is 37.6 Å². The molecule has 2 atom stereocenters. The minimum atomic E-state index is -2.88. The summed E-state index contributed by atoms with van der Waals surface area (Å²) in [6.45, 7) is -3.00. The van der Waals surface area contributed by atoms with Crippen molar-refractivity contribution in [2.75, 3.05) is 14.0 Å². The third-order valence-electron chi connectivity index (χ3n) is 2.73. The first-order valence-corrected chi connectivity index (χ1v) is 6.79. The fourth-order valence-corrected chi connectivity index (χ4v) is 1.12. The Labute approximate surface area is 149 Å². The van der Waals surface area contributed by atoms with Crippen molar-refractivity contribution in [3.8, 4) is 0 Å². The summed E-state index contributed by atoms with van der Waals surface area (Å²) in [6, 6.07) is 6.13. The molecule has 0 radical (unpaired) electrons. The maximum atomic E-state index is 11.8. The van der Waals surface area contributed by atoms with Crippen LogP contribution < -0.4 is 5.32 Å². The lowest BCUT2D eigenvalue weighted by molar-refractivity contribution is -0.141. The summed E-state index contributed by atoms with van der Waals surface area (Å²) >= 11 is 0. The van der Waals surface area contributed by atoms with E-state index in [1.54, 1.807) is 30.3 Å². The summed E-state index contributed by atoms with van der Waals surface area (Å²) in [4.78, 5) is 33.0. The van der Waals surface area contributed by atoms with Gasteiger partial charge in [-0.1, -0.05) is 30.3 Å². The first-order valence-electron chi connectivity index (χ1n) is 9.79. The summed E-state index contributed by atoms with van der Waals surface area (Å²) in [5.74, 6) is -2.59. The van der Waals surface area contributed by atoms with Gasteiger partial charge in [-0.2, -0.15) is 0 Å². The largest absolute Gasteiger partial charge is 0.480 e. The minimum Gasteiger partial charge on any atom is -0.480 e. The van der Waals surface area contributed by atoms with Crippen molar-refractivity contribution in [1.82, 2.24) is 10.2 Å². The van der Waals surface area contributed by atoms with Crippen molar-refractivity contribution in [1.29, 1.82) is 0 Å². The summed E-state index contributed by atoms with van der Waals surface area (Å²) in [6.07, 6.45) is -1.19. The normalized spacial score (nSPS) is 16.9. The van der Waals surface area contributed by atoms with Gasteiger partial charge >= 0.3 is 18.0 Å². The second kappa shape index (κ2) is 11.0. The highest BCUT2D eigenvalue weighted by Crippen LogP contribution is 2.04. The van der Waals surface area contributed by atoms with Crippen LogP contribution in [0.1, 0.15) is 27.6 Å². The fraction of sp³-hybridized carbons (Fsp3) is 0.438. The highest BCUT2D eigenvalue weighted by molar-refractivity contribution is 5.79. The number of rotatable bonds is 6. The van der Waals surface area contributed by atoms with Crippen LogP contribution in [0.3, 0.4) is 0 Å². The number of hydrogen-bond donors (Lipinski definition) is 3. The Morgan fingerprint density at radius 1 is 1.21 bits per heavy atom. The fourth-order valence-electron chi connectivity index (χ4n) is 1.12. The molecule has 1 aromatic carbocycles. The number of likely N-dealkylation sites (N-methyl/N-ethyl adjacent to an activating group) is 2. The molecule has 24 heavy (non-hydrogen) atoms. The van der Waals surface area contributed by atoms with Crippen LogP contribution in [0.15, 0.2) is 30.3 Å². The Hall–Kier alpha value is -2.61. The number of carbonyl (C=O) groups excluding carboxylic acids is 1. The van der Waals surface area contributed by atoms with Crippen molar-refractivity contribution in [3.63, 3.8) is 0 Å². The highest BCUT2D eigenvalue weighted by Gasteiger charge is 2.22. The zero-order chi connectivity index (χ0) is 23.7. The smallest absolute Gasteiger partial charge is 0.410 e. The summed E-state index contributed by atoms with van der Waals surface area (Å²) in [5, 5.41) is 19.0. The summed E-state index contributed by atoms with van der Waals surface area (Å²) in [7, 11) is 0. The van der Waals surface area contributed by atoms with Gasteiger partial charge in [0.25, 0.3) is 0 Å². The quantitative estimate of drug-likeness (QED) is 0.713. The standard InChI is InChI=1S/C12H15NO4.C4H9NO2/c1-9(11(14)15)13(2)12(16)17-8-10-6-4-3-5-7-10;1-3(5-2)4(6)7/h3-7,9H,8H2,1-2H3,(H,14,15);3,5H,1-2H3,(H,6,7)/i2*2D3. The zero-order valence-corrected chi connectivity index (χ0v) is 13.2. The molecule has 8 heteroatoms. The molecule has 0 saturated carbocycles. The summed E-state index contributed by atoms with van der Waals surface area (Å²) < 4.78 is 46.4. The topological polar surface area (TPSA) is 116 Å². The molecular weight excluding hydrogens is 316 g/mol. The Balaban J connectivity index is 0.000000710. The lowest BCUT2D eigenvalue weighted by Gasteiger charge is -2.20. The molecule has 0 fully saturated rings. The first kappa shape index (κ1) is 12.8. The van der Waals surface area contributed by atoms with Gasteiger partial charge in [0.2, 0.25) is 0 Å². The average molecular weight is 346 g/mol. The number of nitrogens with one attached hydrogen (secondary N) is 1. The van der Waals surface area contributed by atoms with E-state index in [1.807, 2.05) is 5.32 Å². The number of nitrogens with zero attached hydrogens (tertiary/aromatic N) is 1. The van der Waals surface area contributed by atoms with E-state index < -0.39 is 44.1 Å². The second-order valence-corrected chi connectivity index (χ2v) is 4.63. The Kier molecular flexibility index (Phi) is 5.86. The van der Waals surface area contributed by atoms with E-state index in [0.717, 1.165) is 6.92 Å². The van der Waals surface area contributed by atoms with Gasteiger partial charge in [0.15, 0.2) is 0 Å². The van der Waals surface area contributed by atoms with Crippen molar-refractivity contribution in [2.24, 2.45) is 0 Å². The molecule has 1 aromatic rings. The van der Waals surface area contributed by atoms with Crippen molar-refractivity contribution >= 4 is 18.0 Å². The SMILES string of the molecule is [2H]C([2H])([2H])N(C(=O)OCc1ccccc1)C(C)C(=O)O.[2H]C([2H])([2H])NC(C)C(=O)O. The van der Waals surface area contributed by atoms with Gasteiger partial charge in [0.05, 0.1) is 0 Å². The van der Waals surface area contributed by atoms with Crippen LogP contribution in [0.25, 0.3) is 0 Å². The van der Waals surface area contributed by atoms with Crippen molar-refractivity contribution in [2.45, 2.75) is 32.5 Å². The van der Waals surface area contributed by atoms with Gasteiger partial charge in [0.1, 0.15) is 18.7 Å². The van der Waals surface area contributed by atoms with E-state index >= 15 is 0 Å². The van der Waals surface area contributed by atoms with Gasteiger partial charge < -0.3 is 20.3 Å². The molecule has 0 aliphatic heterocycles. The third-order valence-corrected chi connectivity index (χ3v) is 2.73. The highest BCUT2D eigenvalue weighted by atomic mass is 16.6. The molecule has 0 spiro atoms. The van der Waals surface area contributed by atoms with Crippen LogP contribution in [-0.2, 0) is 20.9 Å². The van der Waals surface area contributed by atoms with Gasteiger partial charge in [-0.25, -0.2) is 9.59 Å². The molecule has 0 aliphatic carbocycles. The predicted octanol–water partition coefficient (Wildman–Crippen LogP) is 1.41. The lowest BCUT2D eigenvalue weighted by Crippen LogP contribution is -2.40. The molecule has 1 rings (SSSR count). The number of carboxylic acids is 2. The monoisotopic (exact) mass is 346 g/mol. The van der Waals surface area contributed by atoms with Gasteiger partial charge in [-0.3, -0.25) is 9.69 Å². The van der Waals surface area contributed by atoms with Gasteiger partial charge in [-0.15, -0.1) is 0 Å². The molecule has 0 aliphatic rings. The number of benzene rings is 1. The molecule has 0 saturated heterocycles. The van der Waals surface area contributed by atoms with Crippen molar-refractivity contribution in [3.05, 3.63) is 35.9 Å². The van der Waals surface area contributed by atoms with Crippen LogP contribution in [0, 0.1) is 0 Å². The van der Waals surface area contributed by atoms with Crippen LogP contribution in [0.5, 0.6) is 0 Å². The van der Waals surface area contributed by atoms with Crippen LogP contribution in [0.2, 0.25) is 0 Å². The molecule has 0 heterocycles. The molecule has 2 unspecified atom stereocenters. The predicted molar refractivity (Wildman–Crippen MR) is 87.6 cm³/mol. The average Bonchev–Trinajstić information content (AvgIpc) is 2.58. The number of carboxylic acid groups (broad SMARTS) is 2. The van der Waals surface area contributed by atoms with E-state index in [0.29, 0.717) is 5.56 Å². The van der Waals surface area contributed by atoms with Gasteiger partial charge in [0, 0.05) is 15.2 Å². The Morgan fingerprint density at radius 3 is 2.25 bits per heavy atom. The van der Waals surface area contributed by atoms with E-state index in [1.165, 1.54) is 6.92 Å². The minimum absolute atomic E-state index is 0.126. The molecule has 3 N–H and O–H groups in total. The van der Waals surface area contributed by atoms with Gasteiger partial charge in [-0.05, 0) is 26.4 Å². The molecule has 0 bridgehead atoms. The maximum absolute atomic E-state index is 11.8. The van der Waals surface area contributed by atoms with E-state index in [-0.39, 0.29) is 11.5 Å². The maximum Gasteiger partial charge on any atom is 0.410 e. The number of ether oxygens (including phenoxy) is 1. The van der Waals surface area contributed by atoms with Crippen LogP contribution >= 0.6 is 0 Å². The van der Waals surface area contributed by atoms with Crippen LogP contribution in [0.4, 0.5) is 4.79 Å². The molecular formula is C16H24N2O6. The third kappa shape index (κ3) is 8.14. The van der Waals surface area contributed by atoms with E-state index in [9.17, 15) is 14.4 Å². The molecule has 0 aromatic heterocycles. The number of amides is 1. The Morgan fingerprint density at radius 2 is 1.83 bits per heavy atom. The Bertz CT molecular complexity index is 710. The summed E-state index contributed by atoms with van der Waals surface area (Å²) in [5.41, 5.74) is 0.675. The molecule has 134 valence electrons. The first-order chi connectivity index (χ1) is 13.6. The molecule has 8 nitrogen and oxygen atoms in total. The van der Waals surface area contributed by atoms with E-state index in [2.05, 4.69) is 0 Å². The number of aliphatic carboxylic acids is 2. The van der Waals surface area contributed by atoms with E-state index in [4.69, 9.17) is 23.2 Å².